The smallest absolute Gasteiger partial charge is 0.251 e. The SMILES string of the molecule is C[C@@H]1CCCN(c2ccc([C@@H](C)NC(=O)c3cccc(S(=O)(=O)N(C)C)c3)cc2)C1. The van der Waals surface area contributed by atoms with Crippen molar-refractivity contribution in [2.75, 3.05) is 32.1 Å². The summed E-state index contributed by atoms with van der Waals surface area (Å²) in [6, 6.07) is 14.2. The minimum atomic E-state index is -3.58. The van der Waals surface area contributed by atoms with Crippen LogP contribution in [0, 0.1) is 5.92 Å². The molecule has 1 saturated heterocycles. The van der Waals surface area contributed by atoms with Gasteiger partial charge in [-0.05, 0) is 61.6 Å². The van der Waals surface area contributed by atoms with Crippen LogP contribution < -0.4 is 10.2 Å². The Kier molecular flexibility index (Phi) is 6.83. The Labute approximate surface area is 179 Å². The van der Waals surface area contributed by atoms with Gasteiger partial charge in [-0.1, -0.05) is 25.1 Å². The van der Waals surface area contributed by atoms with E-state index in [0.717, 1.165) is 23.0 Å². The first kappa shape index (κ1) is 22.3. The van der Waals surface area contributed by atoms with Crippen LogP contribution in [0.1, 0.15) is 48.7 Å². The van der Waals surface area contributed by atoms with Crippen LogP contribution in [-0.4, -0.2) is 45.8 Å². The van der Waals surface area contributed by atoms with E-state index in [1.165, 1.54) is 44.8 Å². The predicted octanol–water partition coefficient (Wildman–Crippen LogP) is 3.66. The van der Waals surface area contributed by atoms with Crippen LogP contribution >= 0.6 is 0 Å². The van der Waals surface area contributed by atoms with Gasteiger partial charge in [0, 0.05) is 38.4 Å². The predicted molar refractivity (Wildman–Crippen MR) is 120 cm³/mol. The zero-order valence-corrected chi connectivity index (χ0v) is 18.9. The van der Waals surface area contributed by atoms with E-state index in [2.05, 4.69) is 29.3 Å². The summed E-state index contributed by atoms with van der Waals surface area (Å²) in [6.45, 7) is 6.38. The van der Waals surface area contributed by atoms with Crippen molar-refractivity contribution < 1.29 is 13.2 Å². The number of carbonyl (C=O) groups is 1. The molecule has 1 aliphatic heterocycles. The number of nitrogens with one attached hydrogen (secondary N) is 1. The number of anilines is 1. The molecule has 3 rings (SSSR count). The van der Waals surface area contributed by atoms with Crippen molar-refractivity contribution in [2.45, 2.75) is 37.6 Å². The number of nitrogens with zero attached hydrogens (tertiary/aromatic N) is 2. The quantitative estimate of drug-likeness (QED) is 0.761. The van der Waals surface area contributed by atoms with Gasteiger partial charge in [0.1, 0.15) is 0 Å². The average molecular weight is 430 g/mol. The monoisotopic (exact) mass is 429 g/mol. The third-order valence-electron chi connectivity index (χ3n) is 5.64. The molecule has 1 amide bonds. The van der Waals surface area contributed by atoms with Crippen molar-refractivity contribution in [3.8, 4) is 0 Å². The van der Waals surface area contributed by atoms with Gasteiger partial charge >= 0.3 is 0 Å². The third-order valence-corrected chi connectivity index (χ3v) is 7.45. The fraction of sp³-hybridized carbons (Fsp3) is 0.435. The van der Waals surface area contributed by atoms with E-state index >= 15 is 0 Å². The first-order chi connectivity index (χ1) is 14.2. The molecule has 0 spiro atoms. The van der Waals surface area contributed by atoms with E-state index < -0.39 is 10.0 Å². The second-order valence-corrected chi connectivity index (χ2v) is 10.4. The van der Waals surface area contributed by atoms with E-state index in [9.17, 15) is 13.2 Å². The van der Waals surface area contributed by atoms with Gasteiger partial charge < -0.3 is 10.2 Å². The lowest BCUT2D eigenvalue weighted by atomic mass is 9.99. The Bertz CT molecular complexity index is 987. The zero-order valence-electron chi connectivity index (χ0n) is 18.1. The fourth-order valence-electron chi connectivity index (χ4n) is 3.77. The van der Waals surface area contributed by atoms with E-state index in [1.54, 1.807) is 12.1 Å². The average Bonchev–Trinajstić information content (AvgIpc) is 2.73. The van der Waals surface area contributed by atoms with Gasteiger partial charge in [-0.2, -0.15) is 0 Å². The lowest BCUT2D eigenvalue weighted by Crippen LogP contribution is -2.34. The third kappa shape index (κ3) is 5.02. The molecule has 0 bridgehead atoms. The molecular formula is C23H31N3O3S. The molecule has 0 aliphatic carbocycles. The highest BCUT2D eigenvalue weighted by Gasteiger charge is 2.20. The lowest BCUT2D eigenvalue weighted by Gasteiger charge is -2.33. The van der Waals surface area contributed by atoms with Crippen LogP contribution in [-0.2, 0) is 10.0 Å². The van der Waals surface area contributed by atoms with Crippen molar-refractivity contribution in [3.05, 3.63) is 59.7 Å². The maximum atomic E-state index is 12.7. The molecule has 2 aromatic carbocycles. The van der Waals surface area contributed by atoms with Crippen molar-refractivity contribution in [1.29, 1.82) is 0 Å². The summed E-state index contributed by atoms with van der Waals surface area (Å²) in [5.74, 6) is 0.413. The van der Waals surface area contributed by atoms with Gasteiger partial charge in [-0.25, -0.2) is 12.7 Å². The molecule has 0 unspecified atom stereocenters. The molecule has 2 atom stereocenters. The van der Waals surface area contributed by atoms with Crippen LogP contribution in [0.2, 0.25) is 0 Å². The molecule has 7 heteroatoms. The van der Waals surface area contributed by atoms with Crippen LogP contribution in [0.5, 0.6) is 0 Å². The van der Waals surface area contributed by atoms with E-state index in [0.29, 0.717) is 11.5 Å². The standard InChI is InChI=1S/C23H31N3O3S/c1-17-7-6-14-26(16-17)21-12-10-19(11-13-21)18(2)24-23(27)20-8-5-9-22(15-20)30(28,29)25(3)4/h5,8-13,15,17-18H,6-7,14,16H2,1-4H3,(H,24,27)/t17-,18-/m1/s1. The topological polar surface area (TPSA) is 69.7 Å². The first-order valence-corrected chi connectivity index (χ1v) is 11.8. The minimum absolute atomic E-state index is 0.105. The Morgan fingerprint density at radius 3 is 2.50 bits per heavy atom. The van der Waals surface area contributed by atoms with Gasteiger partial charge in [-0.15, -0.1) is 0 Å². The van der Waals surface area contributed by atoms with Crippen LogP contribution in [0.15, 0.2) is 53.4 Å². The highest BCUT2D eigenvalue weighted by Crippen LogP contribution is 2.25. The highest BCUT2D eigenvalue weighted by molar-refractivity contribution is 7.89. The molecule has 6 nitrogen and oxygen atoms in total. The molecule has 30 heavy (non-hydrogen) atoms. The van der Waals surface area contributed by atoms with Crippen molar-refractivity contribution >= 4 is 21.6 Å². The molecule has 0 radical (unpaired) electrons. The molecule has 162 valence electrons. The van der Waals surface area contributed by atoms with Crippen molar-refractivity contribution in [3.63, 3.8) is 0 Å². The molecule has 0 aromatic heterocycles. The summed E-state index contributed by atoms with van der Waals surface area (Å²) in [6.07, 6.45) is 2.51. The van der Waals surface area contributed by atoms with Crippen LogP contribution in [0.4, 0.5) is 5.69 Å². The number of sulfonamides is 1. The van der Waals surface area contributed by atoms with Crippen molar-refractivity contribution in [1.82, 2.24) is 9.62 Å². The molecule has 1 heterocycles. The van der Waals surface area contributed by atoms with E-state index in [4.69, 9.17) is 0 Å². The number of benzene rings is 2. The van der Waals surface area contributed by atoms with Gasteiger partial charge in [-0.3, -0.25) is 4.79 Å². The number of hydrogen-bond acceptors (Lipinski definition) is 4. The number of amides is 1. The van der Waals surface area contributed by atoms with E-state index in [-0.39, 0.29) is 16.8 Å². The molecule has 0 saturated carbocycles. The minimum Gasteiger partial charge on any atom is -0.371 e. The molecule has 1 N–H and O–H groups in total. The highest BCUT2D eigenvalue weighted by atomic mass is 32.2. The summed E-state index contributed by atoms with van der Waals surface area (Å²) < 4.78 is 25.8. The maximum Gasteiger partial charge on any atom is 0.251 e. The number of hydrogen-bond donors (Lipinski definition) is 1. The molecular weight excluding hydrogens is 398 g/mol. The Morgan fingerprint density at radius 2 is 1.87 bits per heavy atom. The van der Waals surface area contributed by atoms with Crippen molar-refractivity contribution in [2.24, 2.45) is 5.92 Å². The normalized spacial score (nSPS) is 18.3. The Morgan fingerprint density at radius 1 is 1.17 bits per heavy atom. The molecule has 2 aromatic rings. The summed E-state index contributed by atoms with van der Waals surface area (Å²) >= 11 is 0. The second-order valence-electron chi connectivity index (χ2n) is 8.30. The fourth-order valence-corrected chi connectivity index (χ4v) is 4.72. The number of carbonyl (C=O) groups excluding carboxylic acids is 1. The Hall–Kier alpha value is -2.38. The van der Waals surface area contributed by atoms with Gasteiger partial charge in [0.05, 0.1) is 10.9 Å². The second kappa shape index (κ2) is 9.18. The van der Waals surface area contributed by atoms with Crippen LogP contribution in [0.3, 0.4) is 0 Å². The summed E-state index contributed by atoms with van der Waals surface area (Å²) in [4.78, 5) is 15.2. The lowest BCUT2D eigenvalue weighted by molar-refractivity contribution is 0.0939. The first-order valence-electron chi connectivity index (χ1n) is 10.4. The van der Waals surface area contributed by atoms with Gasteiger partial charge in [0.25, 0.3) is 5.91 Å². The summed E-state index contributed by atoms with van der Waals surface area (Å²) in [7, 11) is -0.643. The molecule has 1 aliphatic rings. The molecule has 1 fully saturated rings. The largest absolute Gasteiger partial charge is 0.371 e. The summed E-state index contributed by atoms with van der Waals surface area (Å²) in [5, 5.41) is 2.97. The van der Waals surface area contributed by atoms with Gasteiger partial charge in [0.2, 0.25) is 10.0 Å². The maximum absolute atomic E-state index is 12.7. The zero-order chi connectivity index (χ0) is 21.9. The van der Waals surface area contributed by atoms with Crippen LogP contribution in [0.25, 0.3) is 0 Å². The van der Waals surface area contributed by atoms with Gasteiger partial charge in [0.15, 0.2) is 0 Å². The summed E-state index contributed by atoms with van der Waals surface area (Å²) in [5.41, 5.74) is 2.54. The number of rotatable bonds is 6. The number of piperidine rings is 1. The van der Waals surface area contributed by atoms with E-state index in [1.807, 2.05) is 19.1 Å². The Balaban J connectivity index is 1.69.